The summed E-state index contributed by atoms with van der Waals surface area (Å²) in [6.45, 7) is 3.40. The van der Waals surface area contributed by atoms with E-state index in [0.29, 0.717) is 32.6 Å². The molecular weight excluding hydrogens is 280 g/mol. The standard InChI is InChI=1S/C13H20N2O4S/c1-2-19-10-8-13(16)15-9-7-11-3-5-12(6-4-11)20(14,17)18/h3-6H,2,7-10H2,1H3,(H,15,16)(H2,14,17,18). The molecule has 3 N–H and O–H groups in total. The predicted molar refractivity (Wildman–Crippen MR) is 75.6 cm³/mol. The minimum absolute atomic E-state index is 0.0559. The summed E-state index contributed by atoms with van der Waals surface area (Å²) < 4.78 is 27.2. The Morgan fingerprint density at radius 1 is 1.30 bits per heavy atom. The number of hydrogen-bond acceptors (Lipinski definition) is 4. The Morgan fingerprint density at radius 3 is 2.50 bits per heavy atom. The summed E-state index contributed by atoms with van der Waals surface area (Å²) in [5.74, 6) is -0.0559. The van der Waals surface area contributed by atoms with Crippen LogP contribution in [-0.4, -0.2) is 34.1 Å². The van der Waals surface area contributed by atoms with Gasteiger partial charge in [0.1, 0.15) is 0 Å². The highest BCUT2D eigenvalue weighted by atomic mass is 32.2. The average Bonchev–Trinajstić information content (AvgIpc) is 2.38. The van der Waals surface area contributed by atoms with E-state index < -0.39 is 10.0 Å². The lowest BCUT2D eigenvalue weighted by atomic mass is 10.1. The van der Waals surface area contributed by atoms with Crippen molar-refractivity contribution in [2.75, 3.05) is 19.8 Å². The van der Waals surface area contributed by atoms with Crippen molar-refractivity contribution >= 4 is 15.9 Å². The third-order valence-electron chi connectivity index (χ3n) is 2.67. The molecule has 1 aromatic rings. The minimum Gasteiger partial charge on any atom is -0.381 e. The van der Waals surface area contributed by atoms with E-state index in [-0.39, 0.29) is 10.8 Å². The van der Waals surface area contributed by atoms with E-state index in [1.54, 1.807) is 12.1 Å². The zero-order chi connectivity index (χ0) is 15.0. The number of rotatable bonds is 8. The normalized spacial score (nSPS) is 11.3. The van der Waals surface area contributed by atoms with Gasteiger partial charge in [0.25, 0.3) is 0 Å². The van der Waals surface area contributed by atoms with Crippen LogP contribution in [0.25, 0.3) is 0 Å². The number of ether oxygens (including phenoxy) is 1. The second kappa shape index (κ2) is 7.98. The van der Waals surface area contributed by atoms with E-state index in [9.17, 15) is 13.2 Å². The lowest BCUT2D eigenvalue weighted by Gasteiger charge is -2.06. The molecule has 0 spiro atoms. The van der Waals surface area contributed by atoms with Crippen LogP contribution in [0.3, 0.4) is 0 Å². The molecule has 112 valence electrons. The molecule has 6 nitrogen and oxygen atoms in total. The van der Waals surface area contributed by atoms with Crippen LogP contribution >= 0.6 is 0 Å². The highest BCUT2D eigenvalue weighted by Gasteiger charge is 2.06. The molecule has 0 atom stereocenters. The van der Waals surface area contributed by atoms with Crippen LogP contribution in [-0.2, 0) is 26.0 Å². The SMILES string of the molecule is CCOCCC(=O)NCCc1ccc(S(N)(=O)=O)cc1. The first kappa shape index (κ1) is 16.6. The Labute approximate surface area is 119 Å². The van der Waals surface area contributed by atoms with E-state index >= 15 is 0 Å². The topological polar surface area (TPSA) is 98.5 Å². The van der Waals surface area contributed by atoms with Crippen molar-refractivity contribution in [2.24, 2.45) is 5.14 Å². The van der Waals surface area contributed by atoms with E-state index in [1.165, 1.54) is 12.1 Å². The molecule has 0 radical (unpaired) electrons. The number of carbonyl (C=O) groups is 1. The van der Waals surface area contributed by atoms with Gasteiger partial charge in [0.15, 0.2) is 0 Å². The summed E-state index contributed by atoms with van der Waals surface area (Å²) >= 11 is 0. The molecule has 7 heteroatoms. The van der Waals surface area contributed by atoms with E-state index in [4.69, 9.17) is 9.88 Å². The van der Waals surface area contributed by atoms with Gasteiger partial charge in [-0.05, 0) is 31.0 Å². The number of sulfonamides is 1. The smallest absolute Gasteiger partial charge is 0.238 e. The fourth-order valence-corrected chi connectivity index (χ4v) is 2.11. The number of nitrogens with one attached hydrogen (secondary N) is 1. The van der Waals surface area contributed by atoms with Crippen LogP contribution in [0.15, 0.2) is 29.2 Å². The summed E-state index contributed by atoms with van der Waals surface area (Å²) in [7, 11) is -3.65. The number of primary sulfonamides is 1. The minimum atomic E-state index is -3.65. The van der Waals surface area contributed by atoms with Crippen LogP contribution in [0.1, 0.15) is 18.9 Å². The summed E-state index contributed by atoms with van der Waals surface area (Å²) in [6, 6.07) is 6.29. The van der Waals surface area contributed by atoms with Crippen LogP contribution in [0.5, 0.6) is 0 Å². The second-order valence-corrected chi connectivity index (χ2v) is 5.80. The number of nitrogens with two attached hydrogens (primary N) is 1. The quantitative estimate of drug-likeness (QED) is 0.680. The summed E-state index contributed by atoms with van der Waals surface area (Å²) in [5, 5.41) is 7.78. The monoisotopic (exact) mass is 300 g/mol. The lowest BCUT2D eigenvalue weighted by molar-refractivity contribution is -0.122. The van der Waals surface area contributed by atoms with Gasteiger partial charge >= 0.3 is 0 Å². The van der Waals surface area contributed by atoms with Crippen LogP contribution < -0.4 is 10.5 Å². The first-order chi connectivity index (χ1) is 9.43. The first-order valence-electron chi connectivity index (χ1n) is 6.39. The fraction of sp³-hybridized carbons (Fsp3) is 0.462. The Bertz CT molecular complexity index is 526. The lowest BCUT2D eigenvalue weighted by Crippen LogP contribution is -2.26. The maximum Gasteiger partial charge on any atom is 0.238 e. The van der Waals surface area contributed by atoms with Crippen molar-refractivity contribution in [1.29, 1.82) is 0 Å². The molecule has 1 rings (SSSR count). The van der Waals surface area contributed by atoms with Gasteiger partial charge in [-0.25, -0.2) is 13.6 Å². The Morgan fingerprint density at radius 2 is 1.95 bits per heavy atom. The molecule has 1 amide bonds. The molecular formula is C13H20N2O4S. The third kappa shape index (κ3) is 6.14. The predicted octanol–water partition coefficient (Wildman–Crippen LogP) is 0.419. The molecule has 0 aliphatic heterocycles. The van der Waals surface area contributed by atoms with Gasteiger partial charge in [-0.15, -0.1) is 0 Å². The summed E-state index contributed by atoms with van der Waals surface area (Å²) in [5.41, 5.74) is 0.933. The van der Waals surface area contributed by atoms with Gasteiger partial charge in [-0.3, -0.25) is 4.79 Å². The van der Waals surface area contributed by atoms with Gasteiger partial charge in [0.2, 0.25) is 15.9 Å². The van der Waals surface area contributed by atoms with Crippen molar-refractivity contribution in [3.63, 3.8) is 0 Å². The maximum atomic E-state index is 11.4. The van der Waals surface area contributed by atoms with Gasteiger partial charge in [-0.2, -0.15) is 0 Å². The number of benzene rings is 1. The second-order valence-electron chi connectivity index (χ2n) is 4.24. The van der Waals surface area contributed by atoms with E-state index in [0.717, 1.165) is 5.56 Å². The summed E-state index contributed by atoms with van der Waals surface area (Å²) in [6.07, 6.45) is 0.976. The van der Waals surface area contributed by atoms with Crippen LogP contribution in [0, 0.1) is 0 Å². The summed E-state index contributed by atoms with van der Waals surface area (Å²) in [4.78, 5) is 11.5. The molecule has 0 aromatic heterocycles. The molecule has 0 aliphatic carbocycles. The zero-order valence-electron chi connectivity index (χ0n) is 11.5. The molecule has 20 heavy (non-hydrogen) atoms. The highest BCUT2D eigenvalue weighted by molar-refractivity contribution is 7.89. The van der Waals surface area contributed by atoms with Crippen LogP contribution in [0.2, 0.25) is 0 Å². The van der Waals surface area contributed by atoms with Crippen molar-refractivity contribution in [2.45, 2.75) is 24.7 Å². The first-order valence-corrected chi connectivity index (χ1v) is 7.94. The molecule has 0 heterocycles. The third-order valence-corrected chi connectivity index (χ3v) is 3.59. The Balaban J connectivity index is 2.34. The van der Waals surface area contributed by atoms with E-state index in [2.05, 4.69) is 5.32 Å². The molecule has 0 unspecified atom stereocenters. The highest BCUT2D eigenvalue weighted by Crippen LogP contribution is 2.08. The van der Waals surface area contributed by atoms with Crippen molar-refractivity contribution in [1.82, 2.24) is 5.32 Å². The molecule has 0 fully saturated rings. The van der Waals surface area contributed by atoms with Gasteiger partial charge < -0.3 is 10.1 Å². The molecule has 0 saturated heterocycles. The number of amides is 1. The largest absolute Gasteiger partial charge is 0.381 e. The van der Waals surface area contributed by atoms with Crippen molar-refractivity contribution in [3.05, 3.63) is 29.8 Å². The number of hydrogen-bond donors (Lipinski definition) is 2. The Hall–Kier alpha value is -1.44. The fourth-order valence-electron chi connectivity index (χ4n) is 1.59. The maximum absolute atomic E-state index is 11.4. The zero-order valence-corrected chi connectivity index (χ0v) is 12.3. The van der Waals surface area contributed by atoms with Crippen molar-refractivity contribution < 1.29 is 17.9 Å². The van der Waals surface area contributed by atoms with E-state index in [1.807, 2.05) is 6.92 Å². The molecule has 0 saturated carbocycles. The average molecular weight is 300 g/mol. The molecule has 0 aliphatic rings. The van der Waals surface area contributed by atoms with Gasteiger partial charge in [0.05, 0.1) is 11.5 Å². The van der Waals surface area contributed by atoms with Crippen LogP contribution in [0.4, 0.5) is 0 Å². The number of carbonyl (C=O) groups excluding carboxylic acids is 1. The van der Waals surface area contributed by atoms with Crippen molar-refractivity contribution in [3.8, 4) is 0 Å². The van der Waals surface area contributed by atoms with Gasteiger partial charge in [-0.1, -0.05) is 12.1 Å². The molecule has 0 bridgehead atoms. The Kier molecular flexibility index (Phi) is 6.63. The molecule has 1 aromatic carbocycles. The van der Waals surface area contributed by atoms with Gasteiger partial charge in [0, 0.05) is 19.6 Å².